The molecule has 3 rings (SSSR count). The molecule has 130 valence electrons. The van der Waals surface area contributed by atoms with Crippen molar-refractivity contribution in [3.8, 4) is 0 Å². The lowest BCUT2D eigenvalue weighted by molar-refractivity contribution is 0.0623. The Morgan fingerprint density at radius 1 is 1.00 bits per heavy atom. The third kappa shape index (κ3) is 3.40. The molecule has 2 unspecified atom stereocenters. The summed E-state index contributed by atoms with van der Waals surface area (Å²) in [4.78, 5) is 26.5. The molecule has 2 amide bonds. The van der Waals surface area contributed by atoms with E-state index in [4.69, 9.17) is 15.8 Å². The van der Waals surface area contributed by atoms with E-state index in [1.54, 1.807) is 31.2 Å². The minimum Gasteiger partial charge on any atom is -0.316 e. The predicted molar refractivity (Wildman–Crippen MR) is 96.0 cm³/mol. The van der Waals surface area contributed by atoms with E-state index in [9.17, 15) is 14.2 Å². The Bertz CT molecular complexity index is 820. The summed E-state index contributed by atoms with van der Waals surface area (Å²) < 4.78 is 18.2. The van der Waals surface area contributed by atoms with Crippen molar-refractivity contribution in [2.45, 2.75) is 19.1 Å². The number of fused-ring (bicyclic) bond motifs is 1. The van der Waals surface area contributed by atoms with Crippen LogP contribution in [0.2, 0.25) is 0 Å². The molecule has 0 bridgehead atoms. The molecule has 5 nitrogen and oxygen atoms in total. The van der Waals surface area contributed by atoms with E-state index in [1.807, 2.05) is 30.3 Å². The summed E-state index contributed by atoms with van der Waals surface area (Å²) in [5, 5.41) is 0. The lowest BCUT2D eigenvalue weighted by atomic mass is 10.1. The van der Waals surface area contributed by atoms with Crippen molar-refractivity contribution in [3.05, 3.63) is 71.3 Å². The van der Waals surface area contributed by atoms with E-state index in [-0.39, 0.29) is 13.0 Å². The molecule has 2 atom stereocenters. The highest BCUT2D eigenvalue weighted by atomic mass is 35.7. The number of halogens is 1. The standard InChI is InChI=1S/C18H17ClNO4P/c1-2-24-25(19,23)16(12-13-8-4-3-5-9-13)20-17(21)14-10-6-7-11-15(14)18(20)22/h3-11,16H,2,12H2,1H3. The van der Waals surface area contributed by atoms with Crippen molar-refractivity contribution in [1.82, 2.24) is 4.90 Å². The number of rotatable bonds is 6. The summed E-state index contributed by atoms with van der Waals surface area (Å²) in [5.41, 5.74) is 1.39. The third-order valence-electron chi connectivity index (χ3n) is 4.05. The normalized spacial score (nSPS) is 17.3. The van der Waals surface area contributed by atoms with Crippen LogP contribution in [0.3, 0.4) is 0 Å². The van der Waals surface area contributed by atoms with Gasteiger partial charge in [-0.15, -0.1) is 0 Å². The fourth-order valence-corrected chi connectivity index (χ4v) is 5.10. The third-order valence-corrected chi connectivity index (χ3v) is 6.75. The number of hydrogen-bond donors (Lipinski definition) is 0. The zero-order valence-corrected chi connectivity index (χ0v) is 15.2. The van der Waals surface area contributed by atoms with Gasteiger partial charge in [0.2, 0.25) is 0 Å². The monoisotopic (exact) mass is 377 g/mol. The van der Waals surface area contributed by atoms with Gasteiger partial charge in [0.1, 0.15) is 5.78 Å². The van der Waals surface area contributed by atoms with Gasteiger partial charge >= 0.3 is 6.72 Å². The van der Waals surface area contributed by atoms with Crippen molar-refractivity contribution in [2.24, 2.45) is 0 Å². The molecule has 0 aromatic heterocycles. The van der Waals surface area contributed by atoms with Gasteiger partial charge < -0.3 is 4.52 Å². The Hall–Kier alpha value is -1.94. The van der Waals surface area contributed by atoms with Crippen LogP contribution in [0.5, 0.6) is 0 Å². The molecule has 2 aromatic carbocycles. The first-order valence-electron chi connectivity index (χ1n) is 7.90. The average molecular weight is 378 g/mol. The second-order valence-electron chi connectivity index (χ2n) is 5.63. The van der Waals surface area contributed by atoms with Crippen LogP contribution >= 0.6 is 18.0 Å². The molecule has 1 heterocycles. The molecule has 0 saturated carbocycles. The maximum absolute atomic E-state index is 12.9. The van der Waals surface area contributed by atoms with Crippen molar-refractivity contribution < 1.29 is 18.7 Å². The van der Waals surface area contributed by atoms with Crippen LogP contribution in [0.15, 0.2) is 54.6 Å². The summed E-state index contributed by atoms with van der Waals surface area (Å²) in [7, 11) is 0. The zero-order valence-electron chi connectivity index (χ0n) is 13.6. The Kier molecular flexibility index (Phi) is 5.09. The topological polar surface area (TPSA) is 63.7 Å². The van der Waals surface area contributed by atoms with Crippen molar-refractivity contribution in [3.63, 3.8) is 0 Å². The maximum atomic E-state index is 12.9. The highest BCUT2D eigenvalue weighted by Crippen LogP contribution is 2.59. The van der Waals surface area contributed by atoms with Gasteiger partial charge in [-0.2, -0.15) is 0 Å². The summed E-state index contributed by atoms with van der Waals surface area (Å²) in [6.07, 6.45) is 0.160. The largest absolute Gasteiger partial charge is 0.316 e. The number of nitrogens with zero attached hydrogens (tertiary/aromatic N) is 1. The van der Waals surface area contributed by atoms with Gasteiger partial charge in [-0.05, 0) is 35.9 Å². The van der Waals surface area contributed by atoms with Crippen molar-refractivity contribution in [2.75, 3.05) is 6.61 Å². The molecule has 25 heavy (non-hydrogen) atoms. The molecule has 1 aliphatic heterocycles. The molecule has 2 aromatic rings. The second-order valence-corrected chi connectivity index (χ2v) is 8.94. The fraction of sp³-hybridized carbons (Fsp3) is 0.222. The van der Waals surface area contributed by atoms with E-state index in [0.29, 0.717) is 11.1 Å². The quantitative estimate of drug-likeness (QED) is 0.555. The summed E-state index contributed by atoms with van der Waals surface area (Å²) in [6.45, 7) is -1.98. The number of carbonyl (C=O) groups is 2. The lowest BCUT2D eigenvalue weighted by Crippen LogP contribution is -2.40. The predicted octanol–water partition coefficient (Wildman–Crippen LogP) is 4.32. The molecule has 1 aliphatic rings. The number of imide groups is 1. The van der Waals surface area contributed by atoms with Gasteiger partial charge in [-0.3, -0.25) is 19.1 Å². The zero-order chi connectivity index (χ0) is 18.0. The smallest absolute Gasteiger partial charge is 0.312 e. The van der Waals surface area contributed by atoms with Gasteiger partial charge in [-0.1, -0.05) is 42.5 Å². The van der Waals surface area contributed by atoms with E-state index in [0.717, 1.165) is 10.5 Å². The first kappa shape index (κ1) is 17.9. The number of amides is 2. The van der Waals surface area contributed by atoms with Gasteiger partial charge in [0, 0.05) is 6.42 Å². The molecule has 0 saturated heterocycles. The number of carbonyl (C=O) groups excluding carboxylic acids is 2. The molecule has 0 aliphatic carbocycles. The average Bonchev–Trinajstić information content (AvgIpc) is 2.85. The van der Waals surface area contributed by atoms with Crippen molar-refractivity contribution in [1.29, 1.82) is 0 Å². The SMILES string of the molecule is CCOP(=O)(Cl)C(Cc1ccccc1)N1C(=O)c2ccccc2C1=O. The van der Waals surface area contributed by atoms with E-state index < -0.39 is 24.3 Å². The molecule has 0 spiro atoms. The fourth-order valence-electron chi connectivity index (χ4n) is 2.90. The van der Waals surface area contributed by atoms with Crippen LogP contribution in [-0.2, 0) is 15.5 Å². The lowest BCUT2D eigenvalue weighted by Gasteiger charge is -2.29. The van der Waals surface area contributed by atoms with Gasteiger partial charge in [-0.25, -0.2) is 0 Å². The summed E-state index contributed by atoms with van der Waals surface area (Å²) in [5.74, 6) is -2.06. The first-order valence-corrected chi connectivity index (χ1v) is 10.5. The molecule has 0 fully saturated rings. The van der Waals surface area contributed by atoms with Gasteiger partial charge in [0.25, 0.3) is 11.8 Å². The first-order chi connectivity index (χ1) is 12.0. The van der Waals surface area contributed by atoms with Crippen LogP contribution in [0.1, 0.15) is 33.2 Å². The summed E-state index contributed by atoms with van der Waals surface area (Å²) in [6, 6.07) is 15.7. The Morgan fingerprint density at radius 2 is 1.52 bits per heavy atom. The minimum atomic E-state index is -3.76. The van der Waals surface area contributed by atoms with Crippen LogP contribution in [0.25, 0.3) is 0 Å². The maximum Gasteiger partial charge on any atom is 0.312 e. The van der Waals surface area contributed by atoms with Crippen LogP contribution < -0.4 is 0 Å². The Balaban J connectivity index is 2.02. The van der Waals surface area contributed by atoms with Crippen LogP contribution in [0, 0.1) is 0 Å². The molecule has 0 radical (unpaired) electrons. The molecule has 0 N–H and O–H groups in total. The van der Waals surface area contributed by atoms with E-state index in [1.165, 1.54) is 0 Å². The number of hydrogen-bond acceptors (Lipinski definition) is 4. The van der Waals surface area contributed by atoms with Gasteiger partial charge in [0.15, 0.2) is 0 Å². The number of benzene rings is 2. The van der Waals surface area contributed by atoms with Crippen LogP contribution in [0.4, 0.5) is 0 Å². The Morgan fingerprint density at radius 3 is 2.04 bits per heavy atom. The Labute approximate surface area is 150 Å². The van der Waals surface area contributed by atoms with Crippen LogP contribution in [-0.4, -0.2) is 29.1 Å². The molecular weight excluding hydrogens is 361 g/mol. The highest BCUT2D eigenvalue weighted by molar-refractivity contribution is 7.85. The second kappa shape index (κ2) is 7.12. The molecule has 7 heteroatoms. The highest BCUT2D eigenvalue weighted by Gasteiger charge is 2.47. The van der Waals surface area contributed by atoms with E-state index >= 15 is 0 Å². The van der Waals surface area contributed by atoms with Gasteiger partial charge in [0.05, 0.1) is 17.7 Å². The van der Waals surface area contributed by atoms with Crippen molar-refractivity contribution >= 4 is 29.8 Å². The minimum absolute atomic E-state index is 0.120. The van der Waals surface area contributed by atoms with E-state index in [2.05, 4.69) is 0 Å². The molecular formula is C18H17ClNO4P. The summed E-state index contributed by atoms with van der Waals surface area (Å²) >= 11 is 6.19.